The van der Waals surface area contributed by atoms with Crippen LogP contribution in [0.3, 0.4) is 0 Å². The first-order valence-corrected chi connectivity index (χ1v) is 13.6. The first-order chi connectivity index (χ1) is 17.8. The molecule has 0 heterocycles. The van der Waals surface area contributed by atoms with E-state index in [1.165, 1.54) is 14.2 Å². The number of nitrogens with one attached hydrogen (secondary N) is 1. The van der Waals surface area contributed by atoms with E-state index in [1.54, 1.807) is 23.1 Å². The van der Waals surface area contributed by atoms with E-state index in [0.717, 1.165) is 32.1 Å². The van der Waals surface area contributed by atoms with E-state index in [1.807, 2.05) is 0 Å². The van der Waals surface area contributed by atoms with E-state index < -0.39 is 18.2 Å². The number of benzene rings is 1. The van der Waals surface area contributed by atoms with Crippen molar-refractivity contribution in [2.24, 2.45) is 0 Å². The highest BCUT2D eigenvalue weighted by atomic mass is 127. The highest BCUT2D eigenvalue weighted by molar-refractivity contribution is 14.1. The minimum Gasteiger partial charge on any atom is -0.493 e. The summed E-state index contributed by atoms with van der Waals surface area (Å²) in [6, 6.07) is 2.62. The fourth-order valence-corrected chi connectivity index (χ4v) is 5.87. The monoisotopic (exact) mass is 632 g/mol. The minimum absolute atomic E-state index is 0.0740. The molecule has 2 amide bonds. The average molecular weight is 632 g/mol. The third-order valence-corrected chi connectivity index (χ3v) is 7.62. The Hall–Kier alpha value is -1.93. The van der Waals surface area contributed by atoms with Crippen LogP contribution in [-0.4, -0.2) is 90.3 Å². The van der Waals surface area contributed by atoms with Gasteiger partial charge in [0, 0.05) is 31.7 Å². The third-order valence-electron chi connectivity index (χ3n) is 6.82. The molecule has 0 saturated heterocycles. The summed E-state index contributed by atoms with van der Waals surface area (Å²) >= 11 is 2.07. The molecule has 0 aliphatic heterocycles. The molecule has 4 N–H and O–H groups in total. The second kappa shape index (κ2) is 14.3. The summed E-state index contributed by atoms with van der Waals surface area (Å²) in [6.07, 6.45) is 4.31. The lowest BCUT2D eigenvalue weighted by molar-refractivity contribution is -0.147. The maximum absolute atomic E-state index is 13.3. The molecule has 1 aromatic rings. The number of amides is 2. The van der Waals surface area contributed by atoms with Gasteiger partial charge >= 0.3 is 0 Å². The Balaban J connectivity index is 2.01. The van der Waals surface area contributed by atoms with Crippen molar-refractivity contribution in [3.63, 3.8) is 0 Å². The molecule has 2 aliphatic carbocycles. The predicted octanol–water partition coefficient (Wildman–Crippen LogP) is 1.52. The summed E-state index contributed by atoms with van der Waals surface area (Å²) in [5.74, 6) is 0.113. The van der Waals surface area contributed by atoms with Crippen LogP contribution >= 0.6 is 22.6 Å². The lowest BCUT2D eigenvalue weighted by Gasteiger charge is -2.45. The largest absolute Gasteiger partial charge is 0.493 e. The van der Waals surface area contributed by atoms with Crippen molar-refractivity contribution in [2.45, 2.75) is 69.4 Å². The van der Waals surface area contributed by atoms with Crippen LogP contribution < -0.4 is 14.8 Å². The quantitative estimate of drug-likeness (QED) is 0.270. The number of carbonyl (C=O) groups is 2. The third kappa shape index (κ3) is 7.34. The SMILES string of the molecule is COCC(=O)N(C1CCCCC1)[C@@H]1CC(C(=O)NCCO)=C[C@H](Oc2c(I)cc(CO)cc2OC)[C@H]1O. The fourth-order valence-electron chi connectivity index (χ4n) is 5.08. The number of ether oxygens (including phenoxy) is 3. The van der Waals surface area contributed by atoms with Crippen LogP contribution in [0.2, 0.25) is 0 Å². The second-order valence-corrected chi connectivity index (χ2v) is 10.5. The summed E-state index contributed by atoms with van der Waals surface area (Å²) in [4.78, 5) is 27.9. The van der Waals surface area contributed by atoms with Gasteiger partial charge in [0.25, 0.3) is 0 Å². The number of aliphatic hydroxyl groups is 3. The summed E-state index contributed by atoms with van der Waals surface area (Å²) < 4.78 is 17.6. The number of methoxy groups -OCH3 is 2. The van der Waals surface area contributed by atoms with E-state index in [9.17, 15) is 24.9 Å². The van der Waals surface area contributed by atoms with Gasteiger partial charge < -0.3 is 39.7 Å². The van der Waals surface area contributed by atoms with Gasteiger partial charge in [0.05, 0.1) is 29.9 Å². The zero-order chi connectivity index (χ0) is 26.9. The molecule has 11 heteroatoms. The van der Waals surface area contributed by atoms with Gasteiger partial charge in [-0.3, -0.25) is 9.59 Å². The molecule has 1 saturated carbocycles. The second-order valence-electron chi connectivity index (χ2n) is 9.31. The molecule has 37 heavy (non-hydrogen) atoms. The van der Waals surface area contributed by atoms with Crippen molar-refractivity contribution in [3.05, 3.63) is 32.9 Å². The van der Waals surface area contributed by atoms with Crippen LogP contribution in [0.1, 0.15) is 44.1 Å². The number of hydrogen-bond acceptors (Lipinski definition) is 8. The molecule has 2 aliphatic rings. The van der Waals surface area contributed by atoms with Gasteiger partial charge in [-0.25, -0.2) is 0 Å². The average Bonchev–Trinajstić information content (AvgIpc) is 2.90. The van der Waals surface area contributed by atoms with Gasteiger partial charge in [-0.2, -0.15) is 0 Å². The van der Waals surface area contributed by atoms with Crippen molar-refractivity contribution < 1.29 is 39.1 Å². The van der Waals surface area contributed by atoms with Crippen LogP contribution in [0.5, 0.6) is 11.5 Å². The Labute approximate surface area is 231 Å². The predicted molar refractivity (Wildman–Crippen MR) is 144 cm³/mol. The summed E-state index contributed by atoms with van der Waals surface area (Å²) in [5.41, 5.74) is 1.00. The lowest BCUT2D eigenvalue weighted by atomic mass is 9.85. The van der Waals surface area contributed by atoms with Gasteiger partial charge in [0.15, 0.2) is 11.5 Å². The van der Waals surface area contributed by atoms with Crippen molar-refractivity contribution in [1.29, 1.82) is 0 Å². The zero-order valence-electron chi connectivity index (χ0n) is 21.3. The van der Waals surface area contributed by atoms with Crippen LogP contribution in [0.4, 0.5) is 0 Å². The Bertz CT molecular complexity index is 966. The molecule has 3 rings (SSSR count). The lowest BCUT2D eigenvalue weighted by Crippen LogP contribution is -2.59. The van der Waals surface area contributed by atoms with Crippen LogP contribution in [0.25, 0.3) is 0 Å². The number of rotatable bonds is 11. The van der Waals surface area contributed by atoms with Crippen molar-refractivity contribution in [2.75, 3.05) is 34.0 Å². The first kappa shape index (κ1) is 29.6. The molecule has 0 unspecified atom stereocenters. The number of aliphatic hydroxyl groups excluding tert-OH is 3. The smallest absolute Gasteiger partial charge is 0.249 e. The molecule has 0 radical (unpaired) electrons. The van der Waals surface area contributed by atoms with E-state index >= 15 is 0 Å². The molecule has 1 aromatic carbocycles. The summed E-state index contributed by atoms with van der Waals surface area (Å²) in [7, 11) is 2.94. The highest BCUT2D eigenvalue weighted by Gasteiger charge is 2.43. The fraction of sp³-hybridized carbons (Fsp3) is 0.615. The maximum Gasteiger partial charge on any atom is 0.249 e. The van der Waals surface area contributed by atoms with Gasteiger partial charge in [-0.1, -0.05) is 19.3 Å². The minimum atomic E-state index is -1.13. The van der Waals surface area contributed by atoms with Crippen molar-refractivity contribution >= 4 is 34.4 Å². The summed E-state index contributed by atoms with van der Waals surface area (Å²) in [6.45, 7) is -0.431. The van der Waals surface area contributed by atoms with E-state index in [4.69, 9.17) is 14.2 Å². The molecule has 1 fully saturated rings. The molecule has 10 nitrogen and oxygen atoms in total. The molecular formula is C26H37IN2O8. The van der Waals surface area contributed by atoms with Gasteiger partial charge in [0.1, 0.15) is 18.8 Å². The maximum atomic E-state index is 13.3. The molecular weight excluding hydrogens is 595 g/mol. The highest BCUT2D eigenvalue weighted by Crippen LogP contribution is 2.38. The molecule has 0 spiro atoms. The first-order valence-electron chi connectivity index (χ1n) is 12.6. The van der Waals surface area contributed by atoms with Gasteiger partial charge in [-0.15, -0.1) is 0 Å². The number of nitrogens with zero attached hydrogens (tertiary/aromatic N) is 1. The van der Waals surface area contributed by atoms with Gasteiger partial charge in [-0.05, 0) is 59.2 Å². The molecule has 206 valence electrons. The molecule has 0 aromatic heterocycles. The molecule has 3 atom stereocenters. The summed E-state index contributed by atoms with van der Waals surface area (Å²) in [5, 5.41) is 33.0. The standard InChI is InChI=1S/C26H37IN2O8/c1-35-15-23(32)29(18-6-4-3-5-7-18)20-12-17(26(34)28-8-9-30)13-21(24(20)33)37-25-19(27)10-16(14-31)11-22(25)36-2/h10-11,13,18,20-21,24,30-31,33H,3-9,12,14-15H2,1-2H3,(H,28,34)/t20-,21+,24+/m1/s1. The van der Waals surface area contributed by atoms with Crippen molar-refractivity contribution in [1.82, 2.24) is 10.2 Å². The van der Waals surface area contributed by atoms with Crippen molar-refractivity contribution in [3.8, 4) is 11.5 Å². The number of carbonyl (C=O) groups excluding carboxylic acids is 2. The topological polar surface area (TPSA) is 138 Å². The zero-order valence-corrected chi connectivity index (χ0v) is 23.5. The van der Waals surface area contributed by atoms with Crippen LogP contribution in [-0.2, 0) is 20.9 Å². The number of halogens is 1. The Morgan fingerprint density at radius 1 is 1.16 bits per heavy atom. The van der Waals surface area contributed by atoms with E-state index in [2.05, 4.69) is 27.9 Å². The van der Waals surface area contributed by atoms with Crippen LogP contribution in [0.15, 0.2) is 23.8 Å². The molecule has 0 bridgehead atoms. The van der Waals surface area contributed by atoms with E-state index in [0.29, 0.717) is 26.2 Å². The Morgan fingerprint density at radius 3 is 2.51 bits per heavy atom. The Morgan fingerprint density at radius 2 is 1.89 bits per heavy atom. The van der Waals surface area contributed by atoms with E-state index in [-0.39, 0.29) is 50.6 Å². The number of hydrogen-bond donors (Lipinski definition) is 4. The van der Waals surface area contributed by atoms with Gasteiger partial charge in [0.2, 0.25) is 11.8 Å². The van der Waals surface area contributed by atoms with Crippen LogP contribution in [0, 0.1) is 3.57 Å². The normalized spacial score (nSPS) is 22.2. The Kier molecular flexibility index (Phi) is 11.4.